The number of nitrogen functional groups attached to an aromatic ring is 1. The highest BCUT2D eigenvalue weighted by Gasteiger charge is 2.25. The van der Waals surface area contributed by atoms with Crippen LogP contribution in [-0.4, -0.2) is 12.5 Å². The lowest BCUT2D eigenvalue weighted by Crippen LogP contribution is -2.37. The van der Waals surface area contributed by atoms with Crippen molar-refractivity contribution in [2.45, 2.75) is 25.3 Å². The molecule has 4 N–H and O–H groups in total. The van der Waals surface area contributed by atoms with E-state index in [1.54, 1.807) is 0 Å². The van der Waals surface area contributed by atoms with Gasteiger partial charge in [-0.05, 0) is 36.1 Å². The lowest BCUT2D eigenvalue weighted by molar-refractivity contribution is -0.119. The molecule has 1 amide bonds. The van der Waals surface area contributed by atoms with Crippen molar-refractivity contribution in [2.24, 2.45) is 5.73 Å². The van der Waals surface area contributed by atoms with Crippen molar-refractivity contribution in [3.05, 3.63) is 59.7 Å². The Morgan fingerprint density at radius 3 is 2.50 bits per heavy atom. The Morgan fingerprint density at radius 1 is 1.08 bits per heavy atom. The average Bonchev–Trinajstić information content (AvgIpc) is 2.55. The van der Waals surface area contributed by atoms with Crippen LogP contribution in [0.5, 0.6) is 0 Å². The van der Waals surface area contributed by atoms with E-state index in [1.165, 1.54) is 0 Å². The SMILES string of the molecule is Cl.Cl.Nc1cccc2c1CCCN2C(=O)CC(N)c1ccccc1. The van der Waals surface area contributed by atoms with Gasteiger partial charge in [-0.15, -0.1) is 24.8 Å². The second-order valence-electron chi connectivity index (χ2n) is 5.72. The summed E-state index contributed by atoms with van der Waals surface area (Å²) < 4.78 is 0. The summed E-state index contributed by atoms with van der Waals surface area (Å²) in [6.07, 6.45) is 2.17. The molecular weight excluding hydrogens is 345 g/mol. The Labute approximate surface area is 155 Å². The first kappa shape index (κ1) is 20.3. The van der Waals surface area contributed by atoms with Crippen molar-refractivity contribution >= 4 is 42.1 Å². The summed E-state index contributed by atoms with van der Waals surface area (Å²) in [5, 5.41) is 0. The number of fused-ring (bicyclic) bond motifs is 1. The first-order valence-electron chi connectivity index (χ1n) is 7.65. The molecule has 3 rings (SSSR count). The summed E-state index contributed by atoms with van der Waals surface area (Å²) in [7, 11) is 0. The number of nitrogens with zero attached hydrogens (tertiary/aromatic N) is 1. The first-order valence-corrected chi connectivity index (χ1v) is 7.65. The van der Waals surface area contributed by atoms with E-state index in [9.17, 15) is 4.79 Å². The van der Waals surface area contributed by atoms with Crippen LogP contribution in [-0.2, 0) is 11.2 Å². The molecule has 0 saturated carbocycles. The van der Waals surface area contributed by atoms with Crippen LogP contribution in [0, 0.1) is 0 Å². The van der Waals surface area contributed by atoms with E-state index in [-0.39, 0.29) is 36.8 Å². The van der Waals surface area contributed by atoms with Gasteiger partial charge in [-0.3, -0.25) is 4.79 Å². The van der Waals surface area contributed by atoms with Crippen LogP contribution >= 0.6 is 24.8 Å². The van der Waals surface area contributed by atoms with E-state index in [1.807, 2.05) is 53.4 Å². The van der Waals surface area contributed by atoms with Gasteiger partial charge in [0.05, 0.1) is 0 Å². The van der Waals surface area contributed by atoms with E-state index in [2.05, 4.69) is 0 Å². The normalized spacial score (nSPS) is 14.0. The van der Waals surface area contributed by atoms with Gasteiger partial charge in [0.25, 0.3) is 0 Å². The number of benzene rings is 2. The molecule has 1 aliphatic rings. The molecule has 1 atom stereocenters. The number of hydrogen-bond donors (Lipinski definition) is 2. The summed E-state index contributed by atoms with van der Waals surface area (Å²) in [4.78, 5) is 14.5. The fourth-order valence-electron chi connectivity index (χ4n) is 3.03. The van der Waals surface area contributed by atoms with Gasteiger partial charge >= 0.3 is 0 Å². The maximum atomic E-state index is 12.7. The number of anilines is 2. The molecule has 0 fully saturated rings. The molecule has 1 unspecified atom stereocenters. The Kier molecular flexibility index (Phi) is 7.55. The summed E-state index contributed by atoms with van der Waals surface area (Å²) in [6.45, 7) is 0.733. The smallest absolute Gasteiger partial charge is 0.228 e. The molecule has 0 radical (unpaired) electrons. The van der Waals surface area contributed by atoms with Gasteiger partial charge in [-0.1, -0.05) is 36.4 Å². The van der Waals surface area contributed by atoms with Gasteiger partial charge in [0.1, 0.15) is 0 Å². The summed E-state index contributed by atoms with van der Waals surface area (Å²) >= 11 is 0. The molecule has 0 saturated heterocycles. The molecule has 6 heteroatoms. The molecule has 2 aromatic rings. The third-order valence-electron chi connectivity index (χ3n) is 4.21. The van der Waals surface area contributed by atoms with Crippen molar-refractivity contribution in [2.75, 3.05) is 17.2 Å². The zero-order valence-corrected chi connectivity index (χ0v) is 15.0. The molecule has 4 nitrogen and oxygen atoms in total. The first-order chi connectivity index (χ1) is 10.7. The van der Waals surface area contributed by atoms with E-state index in [4.69, 9.17) is 11.5 Å². The minimum absolute atomic E-state index is 0. The Hall–Kier alpha value is -1.75. The van der Waals surface area contributed by atoms with Crippen molar-refractivity contribution in [3.63, 3.8) is 0 Å². The molecule has 24 heavy (non-hydrogen) atoms. The van der Waals surface area contributed by atoms with Gasteiger partial charge in [0, 0.05) is 30.4 Å². The Bertz CT molecular complexity index is 679. The monoisotopic (exact) mass is 367 g/mol. The average molecular weight is 368 g/mol. The van der Waals surface area contributed by atoms with E-state index in [0.29, 0.717) is 6.42 Å². The van der Waals surface area contributed by atoms with Crippen molar-refractivity contribution in [1.29, 1.82) is 0 Å². The predicted octanol–water partition coefficient (Wildman–Crippen LogP) is 3.48. The Morgan fingerprint density at radius 2 is 1.79 bits per heavy atom. The summed E-state index contributed by atoms with van der Waals surface area (Å²) in [5.41, 5.74) is 16.0. The second kappa shape index (κ2) is 8.92. The van der Waals surface area contributed by atoms with Gasteiger partial charge in [0.2, 0.25) is 5.91 Å². The standard InChI is InChI=1S/C18H21N3O.2ClH/c19-15-9-4-10-17-14(15)8-5-11-21(17)18(22)12-16(20)13-6-2-1-3-7-13;;/h1-4,6-7,9-10,16H,5,8,11-12,19-20H2;2*1H. The highest BCUT2D eigenvalue weighted by atomic mass is 35.5. The largest absolute Gasteiger partial charge is 0.398 e. The maximum absolute atomic E-state index is 12.7. The van der Waals surface area contributed by atoms with Gasteiger partial charge in [0.15, 0.2) is 0 Å². The van der Waals surface area contributed by atoms with Gasteiger partial charge in [-0.2, -0.15) is 0 Å². The summed E-state index contributed by atoms with van der Waals surface area (Å²) in [6, 6.07) is 15.2. The van der Waals surface area contributed by atoms with Crippen LogP contribution in [0.15, 0.2) is 48.5 Å². The number of rotatable bonds is 3. The molecule has 0 aromatic heterocycles. The summed E-state index contributed by atoms with van der Waals surface area (Å²) in [5.74, 6) is 0.0582. The highest BCUT2D eigenvalue weighted by Crippen LogP contribution is 2.32. The number of nitrogens with two attached hydrogens (primary N) is 2. The number of carbonyl (C=O) groups excluding carboxylic acids is 1. The lowest BCUT2D eigenvalue weighted by atomic mass is 9.98. The molecular formula is C18H23Cl2N3O. The number of halogens is 2. The third kappa shape index (κ3) is 4.20. The molecule has 1 aliphatic heterocycles. The van der Waals surface area contributed by atoms with Crippen LogP contribution in [0.2, 0.25) is 0 Å². The molecule has 0 spiro atoms. The van der Waals surface area contributed by atoms with Crippen LogP contribution < -0.4 is 16.4 Å². The maximum Gasteiger partial charge on any atom is 0.228 e. The fraction of sp³-hybridized carbons (Fsp3) is 0.278. The van der Waals surface area contributed by atoms with E-state index < -0.39 is 0 Å². The van der Waals surface area contributed by atoms with Crippen molar-refractivity contribution in [3.8, 4) is 0 Å². The number of hydrogen-bond acceptors (Lipinski definition) is 3. The molecule has 130 valence electrons. The fourth-order valence-corrected chi connectivity index (χ4v) is 3.03. The minimum atomic E-state index is -0.278. The van der Waals surface area contributed by atoms with Gasteiger partial charge in [-0.25, -0.2) is 0 Å². The Balaban J connectivity index is 0.00000144. The van der Waals surface area contributed by atoms with Crippen molar-refractivity contribution < 1.29 is 4.79 Å². The molecule has 0 aliphatic carbocycles. The van der Waals surface area contributed by atoms with E-state index >= 15 is 0 Å². The zero-order valence-electron chi connectivity index (χ0n) is 13.4. The van der Waals surface area contributed by atoms with Crippen LogP contribution in [0.3, 0.4) is 0 Å². The number of amides is 1. The zero-order chi connectivity index (χ0) is 15.5. The number of carbonyl (C=O) groups is 1. The molecule has 1 heterocycles. The van der Waals surface area contributed by atoms with Crippen LogP contribution in [0.25, 0.3) is 0 Å². The predicted molar refractivity (Wildman–Crippen MR) is 104 cm³/mol. The van der Waals surface area contributed by atoms with Crippen LogP contribution in [0.4, 0.5) is 11.4 Å². The minimum Gasteiger partial charge on any atom is -0.398 e. The third-order valence-corrected chi connectivity index (χ3v) is 4.21. The topological polar surface area (TPSA) is 72.3 Å². The van der Waals surface area contributed by atoms with Crippen molar-refractivity contribution in [1.82, 2.24) is 0 Å². The second-order valence-corrected chi connectivity index (χ2v) is 5.72. The molecule has 2 aromatic carbocycles. The van der Waals surface area contributed by atoms with E-state index in [0.717, 1.165) is 41.9 Å². The van der Waals surface area contributed by atoms with Gasteiger partial charge < -0.3 is 16.4 Å². The highest BCUT2D eigenvalue weighted by molar-refractivity contribution is 5.95. The molecule has 0 bridgehead atoms. The lowest BCUT2D eigenvalue weighted by Gasteiger charge is -2.31. The quantitative estimate of drug-likeness (QED) is 0.815. The van der Waals surface area contributed by atoms with Crippen LogP contribution in [0.1, 0.15) is 30.0 Å².